The zero-order chi connectivity index (χ0) is 16.1. The molecule has 0 aliphatic carbocycles. The minimum Gasteiger partial charge on any atom is -0.493 e. The van der Waals surface area contributed by atoms with Crippen molar-refractivity contribution in [3.8, 4) is 11.5 Å². The molecule has 2 aromatic carbocycles. The molecule has 0 heterocycles. The lowest BCUT2D eigenvalue weighted by molar-refractivity contribution is -0.122. The van der Waals surface area contributed by atoms with E-state index in [1.807, 2.05) is 0 Å². The number of ether oxygens (including phenoxy) is 2. The first-order chi connectivity index (χ1) is 10.5. The van der Waals surface area contributed by atoms with Gasteiger partial charge in [0, 0.05) is 4.47 Å². The van der Waals surface area contributed by atoms with Crippen molar-refractivity contribution < 1.29 is 18.7 Å². The summed E-state index contributed by atoms with van der Waals surface area (Å²) in [5, 5.41) is 2.49. The summed E-state index contributed by atoms with van der Waals surface area (Å²) in [5.41, 5.74) is 0.101. The van der Waals surface area contributed by atoms with Crippen LogP contribution < -0.4 is 14.8 Å². The van der Waals surface area contributed by atoms with Crippen molar-refractivity contribution in [2.75, 3.05) is 12.4 Å². The van der Waals surface area contributed by atoms with Crippen molar-refractivity contribution >= 4 is 27.5 Å². The van der Waals surface area contributed by atoms with Crippen LogP contribution in [0.3, 0.4) is 0 Å². The van der Waals surface area contributed by atoms with Gasteiger partial charge in [-0.3, -0.25) is 4.79 Å². The van der Waals surface area contributed by atoms with Crippen molar-refractivity contribution in [1.82, 2.24) is 0 Å². The minimum absolute atomic E-state index is 0.101. The SMILES string of the molecule is COc1ccccc1O[C@H](C)C(=O)Nc1ccc(Br)cc1F. The number of para-hydroxylation sites is 2. The number of halogens is 2. The highest BCUT2D eigenvalue weighted by Crippen LogP contribution is 2.27. The van der Waals surface area contributed by atoms with Gasteiger partial charge in [-0.25, -0.2) is 4.39 Å². The second kappa shape index (κ2) is 7.26. The van der Waals surface area contributed by atoms with Gasteiger partial charge in [-0.1, -0.05) is 28.1 Å². The third-order valence-corrected chi connectivity index (χ3v) is 3.42. The normalized spacial score (nSPS) is 11.6. The van der Waals surface area contributed by atoms with Crippen LogP contribution in [0.4, 0.5) is 10.1 Å². The van der Waals surface area contributed by atoms with Crippen LogP contribution >= 0.6 is 15.9 Å². The van der Waals surface area contributed by atoms with Gasteiger partial charge >= 0.3 is 0 Å². The Morgan fingerprint density at radius 1 is 1.23 bits per heavy atom. The van der Waals surface area contributed by atoms with Crippen LogP contribution in [0.15, 0.2) is 46.9 Å². The molecule has 1 N–H and O–H groups in total. The van der Waals surface area contributed by atoms with E-state index in [-0.39, 0.29) is 5.69 Å². The fourth-order valence-electron chi connectivity index (χ4n) is 1.79. The van der Waals surface area contributed by atoms with Crippen LogP contribution in [0.5, 0.6) is 11.5 Å². The molecular formula is C16H15BrFNO3. The van der Waals surface area contributed by atoms with Gasteiger partial charge < -0.3 is 14.8 Å². The van der Waals surface area contributed by atoms with Crippen LogP contribution in [-0.4, -0.2) is 19.1 Å². The molecule has 0 unspecified atom stereocenters. The molecule has 0 radical (unpaired) electrons. The van der Waals surface area contributed by atoms with Gasteiger partial charge in [0.15, 0.2) is 17.6 Å². The summed E-state index contributed by atoms with van der Waals surface area (Å²) in [5.74, 6) is 0.000227. The number of methoxy groups -OCH3 is 1. The maximum absolute atomic E-state index is 13.7. The van der Waals surface area contributed by atoms with Gasteiger partial charge in [0.2, 0.25) is 0 Å². The van der Waals surface area contributed by atoms with E-state index in [9.17, 15) is 9.18 Å². The van der Waals surface area contributed by atoms with E-state index in [0.29, 0.717) is 16.0 Å². The first-order valence-electron chi connectivity index (χ1n) is 6.57. The Morgan fingerprint density at radius 3 is 2.55 bits per heavy atom. The van der Waals surface area contributed by atoms with Gasteiger partial charge in [-0.2, -0.15) is 0 Å². The van der Waals surface area contributed by atoms with E-state index in [1.54, 1.807) is 37.3 Å². The molecule has 0 spiro atoms. The number of anilines is 1. The van der Waals surface area contributed by atoms with Crippen molar-refractivity contribution in [2.24, 2.45) is 0 Å². The maximum Gasteiger partial charge on any atom is 0.265 e. The molecule has 6 heteroatoms. The lowest BCUT2D eigenvalue weighted by Crippen LogP contribution is -2.30. The third-order valence-electron chi connectivity index (χ3n) is 2.93. The Balaban J connectivity index is 2.06. The minimum atomic E-state index is -0.806. The number of carbonyl (C=O) groups is 1. The maximum atomic E-state index is 13.7. The van der Waals surface area contributed by atoms with Crippen LogP contribution in [0.1, 0.15) is 6.92 Å². The molecule has 0 aliphatic heterocycles. The average Bonchev–Trinajstić information content (AvgIpc) is 2.50. The zero-order valence-electron chi connectivity index (χ0n) is 12.1. The molecule has 2 rings (SSSR count). The summed E-state index contributed by atoms with van der Waals surface area (Å²) in [4.78, 5) is 12.1. The van der Waals surface area contributed by atoms with Gasteiger partial charge in [0.25, 0.3) is 5.91 Å². The summed E-state index contributed by atoms with van der Waals surface area (Å²) < 4.78 is 25.0. The Labute approximate surface area is 136 Å². The Bertz CT molecular complexity index is 678. The van der Waals surface area contributed by atoms with E-state index < -0.39 is 17.8 Å². The summed E-state index contributed by atoms with van der Waals surface area (Å²) in [7, 11) is 1.52. The largest absolute Gasteiger partial charge is 0.493 e. The predicted molar refractivity (Wildman–Crippen MR) is 85.8 cm³/mol. The second-order valence-electron chi connectivity index (χ2n) is 4.52. The fraction of sp³-hybridized carbons (Fsp3) is 0.188. The number of rotatable bonds is 5. The van der Waals surface area contributed by atoms with Crippen LogP contribution in [0, 0.1) is 5.82 Å². The lowest BCUT2D eigenvalue weighted by Gasteiger charge is -2.16. The molecule has 1 amide bonds. The molecular weight excluding hydrogens is 353 g/mol. The molecule has 0 saturated carbocycles. The number of benzene rings is 2. The van der Waals surface area contributed by atoms with Crippen LogP contribution in [0.2, 0.25) is 0 Å². The Hall–Kier alpha value is -2.08. The van der Waals surface area contributed by atoms with E-state index in [2.05, 4.69) is 21.2 Å². The summed E-state index contributed by atoms with van der Waals surface area (Å²) in [6, 6.07) is 11.4. The highest BCUT2D eigenvalue weighted by Gasteiger charge is 2.18. The third kappa shape index (κ3) is 3.98. The molecule has 0 aromatic heterocycles. The fourth-order valence-corrected chi connectivity index (χ4v) is 2.12. The number of hydrogen-bond acceptors (Lipinski definition) is 3. The molecule has 4 nitrogen and oxygen atoms in total. The smallest absolute Gasteiger partial charge is 0.265 e. The topological polar surface area (TPSA) is 47.6 Å². The van der Waals surface area contributed by atoms with E-state index in [0.717, 1.165) is 0 Å². The monoisotopic (exact) mass is 367 g/mol. The number of carbonyl (C=O) groups excluding carboxylic acids is 1. The van der Waals surface area contributed by atoms with E-state index in [1.165, 1.54) is 19.2 Å². The second-order valence-corrected chi connectivity index (χ2v) is 5.44. The first-order valence-corrected chi connectivity index (χ1v) is 7.36. The molecule has 0 fully saturated rings. The van der Waals surface area contributed by atoms with Gasteiger partial charge in [-0.05, 0) is 37.3 Å². The summed E-state index contributed by atoms with van der Waals surface area (Å²) >= 11 is 3.16. The van der Waals surface area contributed by atoms with E-state index in [4.69, 9.17) is 9.47 Å². The van der Waals surface area contributed by atoms with E-state index >= 15 is 0 Å². The number of hydrogen-bond donors (Lipinski definition) is 1. The van der Waals surface area contributed by atoms with Gasteiger partial charge in [-0.15, -0.1) is 0 Å². The van der Waals surface area contributed by atoms with Crippen molar-refractivity contribution in [3.05, 3.63) is 52.8 Å². The molecule has 116 valence electrons. The van der Waals surface area contributed by atoms with Crippen molar-refractivity contribution in [1.29, 1.82) is 0 Å². The Morgan fingerprint density at radius 2 is 1.91 bits per heavy atom. The lowest BCUT2D eigenvalue weighted by atomic mass is 10.2. The average molecular weight is 368 g/mol. The van der Waals surface area contributed by atoms with Crippen LogP contribution in [-0.2, 0) is 4.79 Å². The quantitative estimate of drug-likeness (QED) is 0.868. The standard InChI is InChI=1S/C16H15BrFNO3/c1-10(22-15-6-4-3-5-14(15)21-2)16(20)19-13-8-7-11(17)9-12(13)18/h3-10H,1-2H3,(H,19,20)/t10-/m1/s1. The number of amides is 1. The molecule has 1 atom stereocenters. The summed E-state index contributed by atoms with van der Waals surface area (Å²) in [6.07, 6.45) is -0.806. The highest BCUT2D eigenvalue weighted by molar-refractivity contribution is 9.10. The molecule has 0 saturated heterocycles. The van der Waals surface area contributed by atoms with Crippen LogP contribution in [0.25, 0.3) is 0 Å². The molecule has 2 aromatic rings. The Kier molecular flexibility index (Phi) is 5.38. The van der Waals surface area contributed by atoms with Gasteiger partial charge in [0.05, 0.1) is 12.8 Å². The predicted octanol–water partition coefficient (Wildman–Crippen LogP) is 4.00. The van der Waals surface area contributed by atoms with Crippen molar-refractivity contribution in [2.45, 2.75) is 13.0 Å². The molecule has 22 heavy (non-hydrogen) atoms. The molecule has 0 aliphatic rings. The van der Waals surface area contributed by atoms with Crippen molar-refractivity contribution in [3.63, 3.8) is 0 Å². The zero-order valence-corrected chi connectivity index (χ0v) is 13.7. The number of nitrogens with one attached hydrogen (secondary N) is 1. The van der Waals surface area contributed by atoms with Gasteiger partial charge in [0.1, 0.15) is 5.82 Å². The summed E-state index contributed by atoms with van der Waals surface area (Å²) in [6.45, 7) is 1.58. The molecule has 0 bridgehead atoms. The first kappa shape index (κ1) is 16.3. The highest BCUT2D eigenvalue weighted by atomic mass is 79.9.